The zero-order chi connectivity index (χ0) is 12.1. The topological polar surface area (TPSA) is 86.8 Å². The number of para-hydroxylation sites is 1. The fraction of sp³-hybridized carbons (Fsp3) is 0. The fourth-order valence-corrected chi connectivity index (χ4v) is 1.41. The van der Waals surface area contributed by atoms with Crippen molar-refractivity contribution in [3.05, 3.63) is 48.0 Å². The van der Waals surface area contributed by atoms with E-state index in [1.165, 1.54) is 0 Å². The van der Waals surface area contributed by atoms with Crippen LogP contribution >= 0.6 is 0 Å². The molecule has 4 N–H and O–H groups in total. The van der Waals surface area contributed by atoms with Gasteiger partial charge < -0.3 is 10.7 Å². The van der Waals surface area contributed by atoms with Gasteiger partial charge in [0.15, 0.2) is 0 Å². The summed E-state index contributed by atoms with van der Waals surface area (Å²) >= 11 is 0. The van der Waals surface area contributed by atoms with Crippen LogP contribution in [0.5, 0.6) is 0 Å². The Morgan fingerprint density at radius 1 is 1.06 bits per heavy atom. The molecule has 0 saturated heterocycles. The molecule has 0 bridgehead atoms. The molecular weight excluding hydrogens is 214 g/mol. The maximum Gasteiger partial charge on any atom is 0.142 e. The number of nitrogens with two attached hydrogens (primary N) is 1. The van der Waals surface area contributed by atoms with Gasteiger partial charge in [0, 0.05) is 0 Å². The summed E-state index contributed by atoms with van der Waals surface area (Å²) in [5.74, 6) is 6.46. The molecule has 5 heteroatoms. The number of pyridine rings is 1. The Hall–Kier alpha value is -2.58. The SMILES string of the molecule is N#Cc1ccccc1Nc1cccc(NN)n1. The fourth-order valence-electron chi connectivity index (χ4n) is 1.41. The number of nitrogens with one attached hydrogen (secondary N) is 2. The van der Waals surface area contributed by atoms with Crippen molar-refractivity contribution in [2.45, 2.75) is 0 Å². The van der Waals surface area contributed by atoms with Gasteiger partial charge in [-0.15, -0.1) is 0 Å². The van der Waals surface area contributed by atoms with E-state index < -0.39 is 0 Å². The molecule has 0 atom stereocenters. The summed E-state index contributed by atoms with van der Waals surface area (Å²) in [5, 5.41) is 12.0. The van der Waals surface area contributed by atoms with Crippen LogP contribution in [0.1, 0.15) is 5.56 Å². The predicted octanol–water partition coefficient (Wildman–Crippen LogP) is 1.98. The summed E-state index contributed by atoms with van der Waals surface area (Å²) in [6.45, 7) is 0. The molecule has 0 fully saturated rings. The second-order valence-corrected chi connectivity index (χ2v) is 3.33. The van der Waals surface area contributed by atoms with Gasteiger partial charge in [-0.25, -0.2) is 10.8 Å². The van der Waals surface area contributed by atoms with Crippen LogP contribution in [-0.2, 0) is 0 Å². The number of anilines is 3. The number of hydrogen-bond acceptors (Lipinski definition) is 5. The van der Waals surface area contributed by atoms with Crippen LogP contribution in [0.3, 0.4) is 0 Å². The van der Waals surface area contributed by atoms with E-state index in [-0.39, 0.29) is 0 Å². The molecule has 84 valence electrons. The number of nitrogen functional groups attached to an aromatic ring is 1. The summed E-state index contributed by atoms with van der Waals surface area (Å²) in [6.07, 6.45) is 0. The molecule has 2 rings (SSSR count). The number of nitriles is 1. The average molecular weight is 225 g/mol. The largest absolute Gasteiger partial charge is 0.339 e. The van der Waals surface area contributed by atoms with E-state index in [1.807, 2.05) is 24.3 Å². The van der Waals surface area contributed by atoms with Gasteiger partial charge in [-0.3, -0.25) is 0 Å². The number of hydrogen-bond donors (Lipinski definition) is 3. The minimum atomic E-state index is 0.560. The standard InChI is InChI=1S/C12H11N5/c13-8-9-4-1-2-5-10(9)15-11-6-3-7-12(16-11)17-14/h1-7H,14H2,(H2,15,16,17). The van der Waals surface area contributed by atoms with Crippen molar-refractivity contribution in [1.82, 2.24) is 4.98 Å². The molecule has 17 heavy (non-hydrogen) atoms. The highest BCUT2D eigenvalue weighted by atomic mass is 15.3. The summed E-state index contributed by atoms with van der Waals surface area (Å²) in [7, 11) is 0. The second-order valence-electron chi connectivity index (χ2n) is 3.33. The summed E-state index contributed by atoms with van der Waals surface area (Å²) < 4.78 is 0. The van der Waals surface area contributed by atoms with Crippen molar-refractivity contribution in [3.63, 3.8) is 0 Å². The molecule has 1 aromatic heterocycles. The van der Waals surface area contributed by atoms with Crippen molar-refractivity contribution in [3.8, 4) is 6.07 Å². The molecule has 0 spiro atoms. The molecule has 1 aromatic carbocycles. The summed E-state index contributed by atoms with van der Waals surface area (Å²) in [4.78, 5) is 4.21. The highest BCUT2D eigenvalue weighted by molar-refractivity contribution is 5.65. The van der Waals surface area contributed by atoms with Crippen molar-refractivity contribution < 1.29 is 0 Å². The Labute approximate surface area is 98.9 Å². The number of hydrazine groups is 1. The van der Waals surface area contributed by atoms with Gasteiger partial charge in [-0.1, -0.05) is 18.2 Å². The average Bonchev–Trinajstić information content (AvgIpc) is 2.39. The number of benzene rings is 1. The van der Waals surface area contributed by atoms with E-state index in [9.17, 15) is 0 Å². The zero-order valence-corrected chi connectivity index (χ0v) is 9.01. The van der Waals surface area contributed by atoms with Crippen LogP contribution in [0.2, 0.25) is 0 Å². The molecule has 5 nitrogen and oxygen atoms in total. The highest BCUT2D eigenvalue weighted by Crippen LogP contribution is 2.19. The lowest BCUT2D eigenvalue weighted by atomic mass is 10.2. The first kappa shape index (κ1) is 10.9. The molecule has 0 saturated carbocycles. The van der Waals surface area contributed by atoms with Crippen LogP contribution in [0.4, 0.5) is 17.3 Å². The van der Waals surface area contributed by atoms with Gasteiger partial charge in [0.1, 0.15) is 17.7 Å². The Balaban J connectivity index is 2.28. The lowest BCUT2D eigenvalue weighted by Gasteiger charge is -2.08. The van der Waals surface area contributed by atoms with Gasteiger partial charge >= 0.3 is 0 Å². The van der Waals surface area contributed by atoms with E-state index in [2.05, 4.69) is 21.8 Å². The Kier molecular flexibility index (Phi) is 3.19. The van der Waals surface area contributed by atoms with E-state index in [1.54, 1.807) is 18.2 Å². The first-order valence-corrected chi connectivity index (χ1v) is 5.03. The van der Waals surface area contributed by atoms with Crippen LogP contribution < -0.4 is 16.6 Å². The van der Waals surface area contributed by atoms with Crippen molar-refractivity contribution >= 4 is 17.3 Å². The molecule has 0 amide bonds. The highest BCUT2D eigenvalue weighted by Gasteiger charge is 2.02. The van der Waals surface area contributed by atoms with Gasteiger partial charge in [0.2, 0.25) is 0 Å². The maximum absolute atomic E-state index is 8.95. The molecule has 0 unspecified atom stereocenters. The normalized spacial score (nSPS) is 9.41. The van der Waals surface area contributed by atoms with E-state index >= 15 is 0 Å². The third-order valence-corrected chi connectivity index (χ3v) is 2.21. The Morgan fingerprint density at radius 3 is 2.59 bits per heavy atom. The summed E-state index contributed by atoms with van der Waals surface area (Å²) in [5.41, 5.74) is 3.75. The molecule has 0 aliphatic rings. The van der Waals surface area contributed by atoms with E-state index in [0.717, 1.165) is 5.69 Å². The third kappa shape index (κ3) is 2.51. The lowest BCUT2D eigenvalue weighted by Crippen LogP contribution is -2.09. The molecular formula is C12H11N5. The monoisotopic (exact) mass is 225 g/mol. The zero-order valence-electron chi connectivity index (χ0n) is 9.01. The van der Waals surface area contributed by atoms with Crippen LogP contribution in [-0.4, -0.2) is 4.98 Å². The van der Waals surface area contributed by atoms with Gasteiger partial charge in [-0.2, -0.15) is 5.26 Å². The lowest BCUT2D eigenvalue weighted by molar-refractivity contribution is 1.22. The van der Waals surface area contributed by atoms with Crippen molar-refractivity contribution in [2.24, 2.45) is 5.84 Å². The van der Waals surface area contributed by atoms with Crippen LogP contribution in [0.25, 0.3) is 0 Å². The van der Waals surface area contributed by atoms with Gasteiger partial charge in [0.05, 0.1) is 11.3 Å². The quantitative estimate of drug-likeness (QED) is 0.549. The number of rotatable bonds is 3. The first-order valence-electron chi connectivity index (χ1n) is 5.03. The Morgan fingerprint density at radius 2 is 1.82 bits per heavy atom. The predicted molar refractivity (Wildman–Crippen MR) is 66.5 cm³/mol. The van der Waals surface area contributed by atoms with E-state index in [4.69, 9.17) is 11.1 Å². The smallest absolute Gasteiger partial charge is 0.142 e. The molecule has 2 aromatic rings. The third-order valence-electron chi connectivity index (χ3n) is 2.21. The van der Waals surface area contributed by atoms with Crippen LogP contribution in [0, 0.1) is 11.3 Å². The van der Waals surface area contributed by atoms with Crippen molar-refractivity contribution in [2.75, 3.05) is 10.7 Å². The number of aromatic nitrogens is 1. The van der Waals surface area contributed by atoms with Crippen LogP contribution in [0.15, 0.2) is 42.5 Å². The molecule has 0 radical (unpaired) electrons. The van der Waals surface area contributed by atoms with Crippen molar-refractivity contribution in [1.29, 1.82) is 5.26 Å². The molecule has 0 aliphatic carbocycles. The molecule has 0 aliphatic heterocycles. The van der Waals surface area contributed by atoms with Gasteiger partial charge in [-0.05, 0) is 24.3 Å². The van der Waals surface area contributed by atoms with Gasteiger partial charge in [0.25, 0.3) is 0 Å². The molecule has 1 heterocycles. The summed E-state index contributed by atoms with van der Waals surface area (Å²) in [6, 6.07) is 14.7. The number of nitrogens with zero attached hydrogens (tertiary/aromatic N) is 2. The van der Waals surface area contributed by atoms with E-state index in [0.29, 0.717) is 17.2 Å². The minimum Gasteiger partial charge on any atom is -0.339 e. The first-order chi connectivity index (χ1) is 8.33. The maximum atomic E-state index is 8.95. The minimum absolute atomic E-state index is 0.560. The Bertz CT molecular complexity index is 559. The second kappa shape index (κ2) is 4.96.